The van der Waals surface area contributed by atoms with E-state index in [1.54, 1.807) is 24.3 Å². The Balaban J connectivity index is 1.42. The molecule has 0 unspecified atom stereocenters. The van der Waals surface area contributed by atoms with Crippen LogP contribution in [0, 0.1) is 0 Å². The van der Waals surface area contributed by atoms with Crippen LogP contribution in [0.4, 0.5) is 5.69 Å². The summed E-state index contributed by atoms with van der Waals surface area (Å²) < 4.78 is 30.3. The van der Waals surface area contributed by atoms with E-state index < -0.39 is 34.5 Å². The van der Waals surface area contributed by atoms with Gasteiger partial charge in [-0.3, -0.25) is 13.9 Å². The van der Waals surface area contributed by atoms with Crippen LogP contribution in [0.3, 0.4) is 0 Å². The Bertz CT molecular complexity index is 1040. The Hall–Kier alpha value is -3.20. The molecule has 2 heterocycles. The van der Waals surface area contributed by atoms with Gasteiger partial charge in [-0.05, 0) is 42.8 Å². The number of carbonyl (C=O) groups excluding carboxylic acids is 3. The van der Waals surface area contributed by atoms with Crippen molar-refractivity contribution in [3.05, 3.63) is 65.2 Å². The third-order valence-electron chi connectivity index (χ3n) is 4.69. The van der Waals surface area contributed by atoms with Crippen molar-refractivity contribution in [2.24, 2.45) is 0 Å². The molecular formula is C19H16N2O6S. The van der Waals surface area contributed by atoms with E-state index in [0.29, 0.717) is 18.7 Å². The SMILES string of the molecule is O=C(OCN1C(=O)c2ccccc2C1=O)c1ccc(N2CCCS2(=O)=O)cc1. The molecule has 2 aromatic carbocycles. The van der Waals surface area contributed by atoms with E-state index in [4.69, 9.17) is 4.74 Å². The predicted octanol–water partition coefficient (Wildman–Crippen LogP) is 1.64. The fraction of sp³-hybridized carbons (Fsp3) is 0.211. The molecule has 144 valence electrons. The minimum absolute atomic E-state index is 0.108. The van der Waals surface area contributed by atoms with Crippen LogP contribution in [0.25, 0.3) is 0 Å². The summed E-state index contributed by atoms with van der Waals surface area (Å²) in [7, 11) is -3.30. The first-order chi connectivity index (χ1) is 13.4. The number of nitrogens with zero attached hydrogens (tertiary/aromatic N) is 2. The number of hydrogen-bond acceptors (Lipinski definition) is 6. The van der Waals surface area contributed by atoms with Gasteiger partial charge in [0.25, 0.3) is 11.8 Å². The highest BCUT2D eigenvalue weighted by Gasteiger charge is 2.36. The maximum absolute atomic E-state index is 12.3. The van der Waals surface area contributed by atoms with Crippen molar-refractivity contribution in [1.29, 1.82) is 0 Å². The molecule has 2 aliphatic rings. The average molecular weight is 400 g/mol. The van der Waals surface area contributed by atoms with Gasteiger partial charge in [0.1, 0.15) is 0 Å². The summed E-state index contributed by atoms with van der Waals surface area (Å²) in [4.78, 5) is 37.6. The van der Waals surface area contributed by atoms with Gasteiger partial charge >= 0.3 is 5.97 Å². The number of ether oxygens (including phenoxy) is 1. The number of hydrogen-bond donors (Lipinski definition) is 0. The van der Waals surface area contributed by atoms with Gasteiger partial charge in [0, 0.05) is 6.54 Å². The molecule has 1 saturated heterocycles. The van der Waals surface area contributed by atoms with Crippen LogP contribution >= 0.6 is 0 Å². The number of fused-ring (bicyclic) bond motifs is 1. The van der Waals surface area contributed by atoms with Gasteiger partial charge in [-0.1, -0.05) is 12.1 Å². The molecule has 4 rings (SSSR count). The summed E-state index contributed by atoms with van der Waals surface area (Å²) in [5, 5.41) is 0. The van der Waals surface area contributed by atoms with Gasteiger partial charge in [-0.15, -0.1) is 0 Å². The largest absolute Gasteiger partial charge is 0.440 e. The molecule has 0 spiro atoms. The van der Waals surface area contributed by atoms with E-state index in [0.717, 1.165) is 4.90 Å². The van der Waals surface area contributed by atoms with Gasteiger partial charge in [0.15, 0.2) is 6.73 Å². The molecule has 0 atom stereocenters. The standard InChI is InChI=1S/C19H16N2O6S/c22-17-15-4-1-2-5-16(15)18(23)20(17)12-27-19(24)13-6-8-14(9-7-13)21-10-3-11-28(21,25)26/h1-2,4-9H,3,10-12H2. The van der Waals surface area contributed by atoms with Crippen LogP contribution in [0.5, 0.6) is 0 Å². The number of esters is 1. The predicted molar refractivity (Wildman–Crippen MR) is 99.4 cm³/mol. The Morgan fingerprint density at radius 3 is 2.11 bits per heavy atom. The zero-order chi connectivity index (χ0) is 19.9. The molecule has 28 heavy (non-hydrogen) atoms. The normalized spacial score (nSPS) is 17.7. The second kappa shape index (κ2) is 6.75. The molecule has 2 aromatic rings. The van der Waals surface area contributed by atoms with Crippen LogP contribution in [0.1, 0.15) is 37.5 Å². The lowest BCUT2D eigenvalue weighted by Crippen LogP contribution is -2.33. The summed E-state index contributed by atoms with van der Waals surface area (Å²) in [5.74, 6) is -1.63. The quantitative estimate of drug-likeness (QED) is 0.571. The molecular weight excluding hydrogens is 384 g/mol. The van der Waals surface area contributed by atoms with Gasteiger partial charge in [0.05, 0.1) is 28.1 Å². The Morgan fingerprint density at radius 2 is 1.57 bits per heavy atom. The first kappa shape index (κ1) is 18.2. The highest BCUT2D eigenvalue weighted by molar-refractivity contribution is 7.93. The van der Waals surface area contributed by atoms with Gasteiger partial charge < -0.3 is 4.74 Å². The molecule has 0 N–H and O–H groups in total. The van der Waals surface area contributed by atoms with Crippen molar-refractivity contribution >= 4 is 33.5 Å². The summed E-state index contributed by atoms with van der Waals surface area (Å²) in [6, 6.07) is 12.4. The van der Waals surface area contributed by atoms with E-state index in [1.807, 2.05) is 0 Å². The summed E-state index contributed by atoms with van der Waals surface area (Å²) in [6.45, 7) is -0.0840. The zero-order valence-corrected chi connectivity index (χ0v) is 15.5. The highest BCUT2D eigenvalue weighted by Crippen LogP contribution is 2.25. The topological polar surface area (TPSA) is 101 Å². The molecule has 0 aliphatic carbocycles. The van der Waals surface area contributed by atoms with Crippen LogP contribution in [-0.4, -0.2) is 50.1 Å². The third kappa shape index (κ3) is 3.03. The van der Waals surface area contributed by atoms with Crippen LogP contribution < -0.4 is 4.31 Å². The van der Waals surface area contributed by atoms with Crippen LogP contribution in [0.2, 0.25) is 0 Å². The van der Waals surface area contributed by atoms with E-state index in [9.17, 15) is 22.8 Å². The lowest BCUT2D eigenvalue weighted by molar-refractivity contribution is 0.0228. The number of carbonyl (C=O) groups is 3. The minimum Gasteiger partial charge on any atom is -0.440 e. The minimum atomic E-state index is -3.30. The number of imide groups is 1. The van der Waals surface area contributed by atoms with Gasteiger partial charge in [0.2, 0.25) is 10.0 Å². The van der Waals surface area contributed by atoms with E-state index >= 15 is 0 Å². The van der Waals surface area contributed by atoms with Crippen molar-refractivity contribution in [2.45, 2.75) is 6.42 Å². The van der Waals surface area contributed by atoms with Gasteiger partial charge in [-0.2, -0.15) is 0 Å². The summed E-state index contributed by atoms with van der Waals surface area (Å²) in [6.07, 6.45) is 0.562. The number of amides is 2. The Morgan fingerprint density at radius 1 is 0.964 bits per heavy atom. The maximum Gasteiger partial charge on any atom is 0.339 e. The van der Waals surface area contributed by atoms with Crippen molar-refractivity contribution in [3.8, 4) is 0 Å². The Kier molecular flexibility index (Phi) is 4.38. The Labute approximate surface area is 161 Å². The number of benzene rings is 2. The number of rotatable bonds is 4. The first-order valence-electron chi connectivity index (χ1n) is 8.61. The molecule has 0 saturated carbocycles. The molecule has 2 amide bonds. The number of sulfonamides is 1. The lowest BCUT2D eigenvalue weighted by Gasteiger charge is -2.17. The zero-order valence-electron chi connectivity index (χ0n) is 14.7. The molecule has 9 heteroatoms. The second-order valence-corrected chi connectivity index (χ2v) is 8.45. The van der Waals surface area contributed by atoms with Gasteiger partial charge in [-0.25, -0.2) is 18.1 Å². The van der Waals surface area contributed by atoms with E-state index in [2.05, 4.69) is 0 Å². The molecule has 8 nitrogen and oxygen atoms in total. The number of anilines is 1. The lowest BCUT2D eigenvalue weighted by atomic mass is 10.1. The summed E-state index contributed by atoms with van der Waals surface area (Å²) >= 11 is 0. The van der Waals surface area contributed by atoms with Crippen molar-refractivity contribution in [3.63, 3.8) is 0 Å². The fourth-order valence-corrected chi connectivity index (χ4v) is 4.82. The first-order valence-corrected chi connectivity index (χ1v) is 10.2. The monoisotopic (exact) mass is 400 g/mol. The maximum atomic E-state index is 12.3. The second-order valence-electron chi connectivity index (χ2n) is 6.43. The van der Waals surface area contributed by atoms with Crippen molar-refractivity contribution in [1.82, 2.24) is 4.90 Å². The fourth-order valence-electron chi connectivity index (χ4n) is 3.26. The van der Waals surface area contributed by atoms with E-state index in [-0.39, 0.29) is 22.4 Å². The van der Waals surface area contributed by atoms with E-state index in [1.165, 1.54) is 28.6 Å². The molecule has 0 bridgehead atoms. The van der Waals surface area contributed by atoms with Crippen LogP contribution in [-0.2, 0) is 14.8 Å². The molecule has 2 aliphatic heterocycles. The average Bonchev–Trinajstić information content (AvgIpc) is 3.17. The third-order valence-corrected chi connectivity index (χ3v) is 6.56. The molecule has 0 radical (unpaired) electrons. The van der Waals surface area contributed by atoms with Crippen molar-refractivity contribution in [2.75, 3.05) is 23.3 Å². The highest BCUT2D eigenvalue weighted by atomic mass is 32.2. The van der Waals surface area contributed by atoms with Crippen LogP contribution in [0.15, 0.2) is 48.5 Å². The van der Waals surface area contributed by atoms with Crippen molar-refractivity contribution < 1.29 is 27.5 Å². The molecule has 0 aromatic heterocycles. The molecule has 1 fully saturated rings. The smallest absolute Gasteiger partial charge is 0.339 e. The summed E-state index contributed by atoms with van der Waals surface area (Å²) in [5.41, 5.74) is 1.23.